The number of halogens is 2. The van der Waals surface area contributed by atoms with Crippen molar-refractivity contribution in [1.82, 2.24) is 4.90 Å². The molecule has 0 bridgehead atoms. The monoisotopic (exact) mass is 234 g/mol. The second-order valence-electron chi connectivity index (χ2n) is 4.67. The Labute approximate surface area is 95.0 Å². The Bertz CT molecular complexity index is 248. The van der Waals surface area contributed by atoms with Crippen molar-refractivity contribution in [3.05, 3.63) is 0 Å². The molecule has 1 rings (SSSR count). The number of nitrogens with zero attached hydrogens (tertiary/aromatic N) is 1. The molecule has 0 aromatic heterocycles. The molecule has 3 nitrogen and oxygen atoms in total. The molecule has 0 aromatic carbocycles. The van der Waals surface area contributed by atoms with Crippen molar-refractivity contribution in [3.63, 3.8) is 0 Å². The maximum atomic E-state index is 12.2. The highest BCUT2D eigenvalue weighted by molar-refractivity contribution is 5.79. The fraction of sp³-hybridized carbons (Fsp3) is 0.909. The van der Waals surface area contributed by atoms with E-state index in [2.05, 4.69) is 0 Å². The van der Waals surface area contributed by atoms with E-state index in [1.54, 1.807) is 0 Å². The van der Waals surface area contributed by atoms with Gasteiger partial charge in [0.05, 0.1) is 6.54 Å². The third-order valence-corrected chi connectivity index (χ3v) is 3.47. The zero-order valence-corrected chi connectivity index (χ0v) is 9.83. The van der Waals surface area contributed by atoms with Crippen molar-refractivity contribution < 1.29 is 13.6 Å². The van der Waals surface area contributed by atoms with Crippen LogP contribution in [0.15, 0.2) is 0 Å². The first kappa shape index (κ1) is 13.4. The number of hydrogen-bond acceptors (Lipinski definition) is 2. The van der Waals surface area contributed by atoms with Gasteiger partial charge in [0.1, 0.15) is 0 Å². The zero-order chi connectivity index (χ0) is 12.3. The van der Waals surface area contributed by atoms with Gasteiger partial charge in [0.15, 0.2) is 0 Å². The van der Waals surface area contributed by atoms with Crippen molar-refractivity contribution in [3.8, 4) is 0 Å². The number of carbonyl (C=O) groups excluding carboxylic acids is 1. The van der Waals surface area contributed by atoms with Gasteiger partial charge in [-0.15, -0.1) is 0 Å². The second-order valence-corrected chi connectivity index (χ2v) is 4.67. The normalized spacial score (nSPS) is 30.5. The van der Waals surface area contributed by atoms with Gasteiger partial charge >= 0.3 is 0 Å². The number of rotatable bonds is 3. The first-order chi connectivity index (χ1) is 7.43. The summed E-state index contributed by atoms with van der Waals surface area (Å²) in [7, 11) is 1.43. The van der Waals surface area contributed by atoms with Crippen LogP contribution in [0.4, 0.5) is 8.78 Å². The van der Waals surface area contributed by atoms with Gasteiger partial charge < -0.3 is 10.6 Å². The highest BCUT2D eigenvalue weighted by Gasteiger charge is 2.34. The van der Waals surface area contributed by atoms with Gasteiger partial charge in [0, 0.05) is 19.0 Å². The topological polar surface area (TPSA) is 46.3 Å². The standard InChI is InChI=1S/C11H20F2N2O/c1-7-8(4-3-5-9(7)14)11(16)15(2)6-10(12)13/h7-10H,3-6,14H2,1-2H3. The predicted molar refractivity (Wildman–Crippen MR) is 58.1 cm³/mol. The van der Waals surface area contributed by atoms with Crippen molar-refractivity contribution in [2.24, 2.45) is 17.6 Å². The summed E-state index contributed by atoms with van der Waals surface area (Å²) in [5.74, 6) is -0.295. The number of nitrogens with two attached hydrogens (primary N) is 1. The van der Waals surface area contributed by atoms with Crippen LogP contribution in [0.25, 0.3) is 0 Å². The molecule has 1 amide bonds. The summed E-state index contributed by atoms with van der Waals surface area (Å²) in [5.41, 5.74) is 5.89. The molecule has 0 aromatic rings. The van der Waals surface area contributed by atoms with E-state index in [1.807, 2.05) is 6.92 Å². The SMILES string of the molecule is CC1C(N)CCCC1C(=O)N(C)CC(F)F. The summed E-state index contributed by atoms with van der Waals surface area (Å²) in [6.07, 6.45) is 0.122. The van der Waals surface area contributed by atoms with Gasteiger partial charge in [-0.2, -0.15) is 0 Å². The molecular formula is C11H20F2N2O. The number of hydrogen-bond donors (Lipinski definition) is 1. The van der Waals surface area contributed by atoms with Crippen molar-refractivity contribution in [1.29, 1.82) is 0 Å². The van der Waals surface area contributed by atoms with Crippen LogP contribution in [0.1, 0.15) is 26.2 Å². The van der Waals surface area contributed by atoms with Crippen LogP contribution in [0.3, 0.4) is 0 Å². The lowest BCUT2D eigenvalue weighted by Gasteiger charge is -2.35. The average molecular weight is 234 g/mol. The molecule has 94 valence electrons. The predicted octanol–water partition coefficient (Wildman–Crippen LogP) is 1.47. The number of carbonyl (C=O) groups is 1. The Morgan fingerprint density at radius 3 is 2.69 bits per heavy atom. The molecule has 0 saturated heterocycles. The quantitative estimate of drug-likeness (QED) is 0.804. The Hall–Kier alpha value is -0.710. The lowest BCUT2D eigenvalue weighted by atomic mass is 9.76. The van der Waals surface area contributed by atoms with Gasteiger partial charge in [-0.3, -0.25) is 4.79 Å². The summed E-state index contributed by atoms with van der Waals surface area (Å²) in [5, 5.41) is 0. The fourth-order valence-electron chi connectivity index (χ4n) is 2.33. The molecule has 16 heavy (non-hydrogen) atoms. The Morgan fingerprint density at radius 1 is 1.50 bits per heavy atom. The van der Waals surface area contributed by atoms with E-state index >= 15 is 0 Å². The smallest absolute Gasteiger partial charge is 0.255 e. The highest BCUT2D eigenvalue weighted by Crippen LogP contribution is 2.30. The minimum Gasteiger partial charge on any atom is -0.340 e. The summed E-state index contributed by atoms with van der Waals surface area (Å²) in [6.45, 7) is 1.44. The Kier molecular flexibility index (Phi) is 4.65. The van der Waals surface area contributed by atoms with E-state index in [4.69, 9.17) is 5.73 Å². The van der Waals surface area contributed by atoms with Crippen LogP contribution in [0.2, 0.25) is 0 Å². The molecule has 0 heterocycles. The molecule has 1 aliphatic carbocycles. The van der Waals surface area contributed by atoms with Crippen LogP contribution in [0, 0.1) is 11.8 Å². The molecule has 3 unspecified atom stereocenters. The lowest BCUT2D eigenvalue weighted by Crippen LogP contribution is -2.45. The van der Waals surface area contributed by atoms with E-state index in [9.17, 15) is 13.6 Å². The Balaban J connectivity index is 2.58. The zero-order valence-electron chi connectivity index (χ0n) is 9.83. The maximum Gasteiger partial charge on any atom is 0.255 e. The van der Waals surface area contributed by atoms with Crippen LogP contribution in [0.5, 0.6) is 0 Å². The second kappa shape index (κ2) is 5.57. The van der Waals surface area contributed by atoms with Crippen molar-refractivity contribution >= 4 is 5.91 Å². The van der Waals surface area contributed by atoms with E-state index in [0.717, 1.165) is 24.2 Å². The van der Waals surface area contributed by atoms with E-state index in [-0.39, 0.29) is 23.8 Å². The van der Waals surface area contributed by atoms with Crippen LogP contribution in [-0.4, -0.2) is 36.9 Å². The average Bonchev–Trinajstić information content (AvgIpc) is 2.20. The molecule has 1 fully saturated rings. The molecule has 0 spiro atoms. The van der Waals surface area contributed by atoms with E-state index in [1.165, 1.54) is 7.05 Å². The Morgan fingerprint density at radius 2 is 2.12 bits per heavy atom. The summed E-state index contributed by atoms with van der Waals surface area (Å²) in [4.78, 5) is 13.1. The van der Waals surface area contributed by atoms with Crippen LogP contribution >= 0.6 is 0 Å². The third kappa shape index (κ3) is 3.14. The maximum absolute atomic E-state index is 12.2. The summed E-state index contributed by atoms with van der Waals surface area (Å²) in [6, 6.07) is 0.0163. The van der Waals surface area contributed by atoms with Crippen molar-refractivity contribution in [2.75, 3.05) is 13.6 Å². The van der Waals surface area contributed by atoms with Gasteiger partial charge in [0.25, 0.3) is 6.43 Å². The first-order valence-corrected chi connectivity index (χ1v) is 5.72. The summed E-state index contributed by atoms with van der Waals surface area (Å²) >= 11 is 0. The van der Waals surface area contributed by atoms with Crippen molar-refractivity contribution in [2.45, 2.75) is 38.7 Å². The molecular weight excluding hydrogens is 214 g/mol. The largest absolute Gasteiger partial charge is 0.340 e. The molecule has 3 atom stereocenters. The van der Waals surface area contributed by atoms with Crippen LogP contribution in [-0.2, 0) is 4.79 Å². The molecule has 1 aliphatic rings. The third-order valence-electron chi connectivity index (χ3n) is 3.47. The number of amides is 1. The molecule has 5 heteroatoms. The van der Waals surface area contributed by atoms with Gasteiger partial charge in [-0.25, -0.2) is 8.78 Å². The molecule has 1 saturated carbocycles. The molecule has 0 radical (unpaired) electrons. The summed E-state index contributed by atoms with van der Waals surface area (Å²) < 4.78 is 24.3. The van der Waals surface area contributed by atoms with Gasteiger partial charge in [0.2, 0.25) is 5.91 Å². The molecule has 0 aliphatic heterocycles. The van der Waals surface area contributed by atoms with Crippen LogP contribution < -0.4 is 5.73 Å². The highest BCUT2D eigenvalue weighted by atomic mass is 19.3. The van der Waals surface area contributed by atoms with Gasteiger partial charge in [-0.05, 0) is 18.8 Å². The van der Waals surface area contributed by atoms with Gasteiger partial charge in [-0.1, -0.05) is 13.3 Å². The lowest BCUT2D eigenvalue weighted by molar-refractivity contribution is -0.139. The minimum absolute atomic E-state index is 0.0163. The molecule has 2 N–H and O–H groups in total. The van der Waals surface area contributed by atoms with E-state index in [0.29, 0.717) is 0 Å². The van der Waals surface area contributed by atoms with E-state index < -0.39 is 13.0 Å². The number of alkyl halides is 2. The fourth-order valence-corrected chi connectivity index (χ4v) is 2.33. The first-order valence-electron chi connectivity index (χ1n) is 5.72. The minimum atomic E-state index is -2.47.